The topological polar surface area (TPSA) is 38.5 Å². The molecule has 2 N–H and O–H groups in total. The van der Waals surface area contributed by atoms with Gasteiger partial charge in [-0.25, -0.2) is 0 Å². The SMILES string of the molecule is CC1CCCC(N(C)CCOc2cccc(C(N)=S)c2)C1. The number of rotatable bonds is 6. The van der Waals surface area contributed by atoms with E-state index in [-0.39, 0.29) is 0 Å². The lowest BCUT2D eigenvalue weighted by atomic mass is 9.86. The molecule has 0 radical (unpaired) electrons. The summed E-state index contributed by atoms with van der Waals surface area (Å²) < 4.78 is 5.83. The molecule has 116 valence electrons. The van der Waals surface area contributed by atoms with Crippen LogP contribution in [0.4, 0.5) is 0 Å². The Morgan fingerprint density at radius 3 is 2.95 bits per heavy atom. The maximum absolute atomic E-state index is 5.83. The molecule has 0 aromatic heterocycles. The fourth-order valence-electron chi connectivity index (χ4n) is 3.03. The van der Waals surface area contributed by atoms with Crippen LogP contribution in [0, 0.1) is 5.92 Å². The van der Waals surface area contributed by atoms with Crippen molar-refractivity contribution >= 4 is 17.2 Å². The van der Waals surface area contributed by atoms with Crippen LogP contribution in [0.1, 0.15) is 38.2 Å². The predicted molar refractivity (Wildman–Crippen MR) is 91.9 cm³/mol. The van der Waals surface area contributed by atoms with Gasteiger partial charge in [-0.05, 0) is 37.9 Å². The normalized spacial score (nSPS) is 22.2. The number of thiocarbonyl (C=S) groups is 1. The summed E-state index contributed by atoms with van der Waals surface area (Å²) in [5, 5.41) is 0. The maximum atomic E-state index is 5.83. The highest BCUT2D eigenvalue weighted by molar-refractivity contribution is 7.80. The van der Waals surface area contributed by atoms with E-state index in [2.05, 4.69) is 18.9 Å². The van der Waals surface area contributed by atoms with Crippen LogP contribution in [0.5, 0.6) is 5.75 Å². The number of nitrogens with zero attached hydrogens (tertiary/aromatic N) is 1. The van der Waals surface area contributed by atoms with Crippen molar-refractivity contribution in [1.29, 1.82) is 0 Å². The Morgan fingerprint density at radius 1 is 1.43 bits per heavy atom. The van der Waals surface area contributed by atoms with Crippen LogP contribution in [-0.2, 0) is 0 Å². The number of nitrogens with two attached hydrogens (primary N) is 1. The van der Waals surface area contributed by atoms with Crippen LogP contribution in [0.25, 0.3) is 0 Å². The second-order valence-electron chi connectivity index (χ2n) is 6.15. The molecule has 3 nitrogen and oxygen atoms in total. The second-order valence-corrected chi connectivity index (χ2v) is 6.59. The average Bonchev–Trinajstić information content (AvgIpc) is 2.47. The molecule has 0 amide bonds. The summed E-state index contributed by atoms with van der Waals surface area (Å²) in [5.41, 5.74) is 6.50. The van der Waals surface area contributed by atoms with Crippen molar-refractivity contribution in [2.24, 2.45) is 11.7 Å². The second kappa shape index (κ2) is 7.76. The van der Waals surface area contributed by atoms with Gasteiger partial charge in [0.1, 0.15) is 17.3 Å². The molecule has 2 atom stereocenters. The van der Waals surface area contributed by atoms with E-state index in [4.69, 9.17) is 22.7 Å². The quantitative estimate of drug-likeness (QED) is 0.819. The minimum Gasteiger partial charge on any atom is -0.492 e. The standard InChI is InChI=1S/C17H26N2OS/c1-13-5-3-7-15(11-13)19(2)9-10-20-16-8-4-6-14(12-16)17(18)21/h4,6,8,12-13,15H,3,5,7,9-11H2,1-2H3,(H2,18,21). The molecule has 4 heteroatoms. The lowest BCUT2D eigenvalue weighted by Crippen LogP contribution is -2.37. The summed E-state index contributed by atoms with van der Waals surface area (Å²) in [6, 6.07) is 8.40. The summed E-state index contributed by atoms with van der Waals surface area (Å²) in [6.45, 7) is 4.01. The first-order chi connectivity index (χ1) is 10.1. The molecule has 0 bridgehead atoms. The summed E-state index contributed by atoms with van der Waals surface area (Å²) in [6.07, 6.45) is 5.37. The molecule has 1 aliphatic carbocycles. The van der Waals surface area contributed by atoms with Gasteiger partial charge in [-0.2, -0.15) is 0 Å². The van der Waals surface area contributed by atoms with Gasteiger partial charge in [0, 0.05) is 18.2 Å². The monoisotopic (exact) mass is 306 g/mol. The Bertz CT molecular complexity index is 478. The largest absolute Gasteiger partial charge is 0.492 e. The van der Waals surface area contributed by atoms with Crippen molar-refractivity contribution in [3.05, 3.63) is 29.8 Å². The minimum absolute atomic E-state index is 0.411. The van der Waals surface area contributed by atoms with Gasteiger partial charge in [0.25, 0.3) is 0 Å². The fraction of sp³-hybridized carbons (Fsp3) is 0.588. The molecule has 0 aliphatic heterocycles. The van der Waals surface area contributed by atoms with E-state index >= 15 is 0 Å². The van der Waals surface area contributed by atoms with Crippen molar-refractivity contribution in [2.75, 3.05) is 20.2 Å². The Labute approximate surface area is 133 Å². The molecule has 2 unspecified atom stereocenters. The van der Waals surface area contributed by atoms with Crippen molar-refractivity contribution in [3.63, 3.8) is 0 Å². The van der Waals surface area contributed by atoms with E-state index in [1.807, 2.05) is 24.3 Å². The van der Waals surface area contributed by atoms with E-state index in [9.17, 15) is 0 Å². The molecule has 1 aromatic rings. The molecule has 1 aliphatic rings. The van der Waals surface area contributed by atoms with Crippen LogP contribution in [-0.4, -0.2) is 36.1 Å². The van der Waals surface area contributed by atoms with Gasteiger partial charge < -0.3 is 15.4 Å². The minimum atomic E-state index is 0.411. The van der Waals surface area contributed by atoms with Gasteiger partial charge in [0.05, 0.1) is 0 Å². The summed E-state index contributed by atoms with van der Waals surface area (Å²) in [7, 11) is 2.21. The van der Waals surface area contributed by atoms with Gasteiger partial charge in [-0.3, -0.25) is 0 Å². The highest BCUT2D eigenvalue weighted by Crippen LogP contribution is 2.26. The number of hydrogen-bond acceptors (Lipinski definition) is 3. The van der Waals surface area contributed by atoms with Gasteiger partial charge in [-0.1, -0.05) is 44.1 Å². The molecule has 2 rings (SSSR count). The number of likely N-dealkylation sites (N-methyl/N-ethyl adjacent to an activating group) is 1. The first-order valence-corrected chi connectivity index (χ1v) is 8.20. The number of benzene rings is 1. The van der Waals surface area contributed by atoms with Gasteiger partial charge >= 0.3 is 0 Å². The van der Waals surface area contributed by atoms with Crippen LogP contribution in [0.3, 0.4) is 0 Å². The van der Waals surface area contributed by atoms with E-state index in [1.165, 1.54) is 25.7 Å². The fourth-order valence-corrected chi connectivity index (χ4v) is 3.16. The number of ether oxygens (including phenoxy) is 1. The highest BCUT2D eigenvalue weighted by Gasteiger charge is 2.21. The Kier molecular flexibility index (Phi) is 6.00. The molecular weight excluding hydrogens is 280 g/mol. The van der Waals surface area contributed by atoms with Crippen LogP contribution in [0.15, 0.2) is 24.3 Å². The van der Waals surface area contributed by atoms with Crippen molar-refractivity contribution in [3.8, 4) is 5.75 Å². The first kappa shape index (κ1) is 16.2. The molecule has 0 spiro atoms. The highest BCUT2D eigenvalue weighted by atomic mass is 32.1. The van der Waals surface area contributed by atoms with Crippen molar-refractivity contribution < 1.29 is 4.74 Å². The molecule has 1 aromatic carbocycles. The van der Waals surface area contributed by atoms with Crippen LogP contribution < -0.4 is 10.5 Å². The van der Waals surface area contributed by atoms with Crippen molar-refractivity contribution in [2.45, 2.75) is 38.6 Å². The molecule has 0 saturated heterocycles. The zero-order valence-electron chi connectivity index (χ0n) is 13.0. The molecule has 21 heavy (non-hydrogen) atoms. The Hall–Kier alpha value is -1.13. The third-order valence-electron chi connectivity index (χ3n) is 4.36. The smallest absolute Gasteiger partial charge is 0.120 e. The number of hydrogen-bond donors (Lipinski definition) is 1. The third-order valence-corrected chi connectivity index (χ3v) is 4.60. The molecule has 1 fully saturated rings. The van der Waals surface area contributed by atoms with Crippen molar-refractivity contribution in [1.82, 2.24) is 4.90 Å². The summed E-state index contributed by atoms with van der Waals surface area (Å²) >= 11 is 4.99. The lowest BCUT2D eigenvalue weighted by Gasteiger charge is -2.34. The zero-order valence-corrected chi connectivity index (χ0v) is 13.9. The summed E-state index contributed by atoms with van der Waals surface area (Å²) in [5.74, 6) is 1.69. The Balaban J connectivity index is 1.78. The maximum Gasteiger partial charge on any atom is 0.120 e. The van der Waals surface area contributed by atoms with Crippen LogP contribution >= 0.6 is 12.2 Å². The predicted octanol–water partition coefficient (Wildman–Crippen LogP) is 3.21. The first-order valence-electron chi connectivity index (χ1n) is 7.79. The molecule has 1 saturated carbocycles. The third kappa shape index (κ3) is 4.97. The molecular formula is C17H26N2OS. The van der Waals surface area contributed by atoms with Crippen LogP contribution in [0.2, 0.25) is 0 Å². The van der Waals surface area contributed by atoms with Gasteiger partial charge in [0.15, 0.2) is 0 Å². The average molecular weight is 306 g/mol. The zero-order chi connectivity index (χ0) is 15.2. The molecule has 0 heterocycles. The van der Waals surface area contributed by atoms with E-state index in [0.29, 0.717) is 17.6 Å². The Morgan fingerprint density at radius 2 is 2.24 bits per heavy atom. The van der Waals surface area contributed by atoms with E-state index < -0.39 is 0 Å². The summed E-state index contributed by atoms with van der Waals surface area (Å²) in [4.78, 5) is 2.85. The van der Waals surface area contributed by atoms with E-state index in [1.54, 1.807) is 0 Å². The van der Waals surface area contributed by atoms with Gasteiger partial charge in [-0.15, -0.1) is 0 Å². The lowest BCUT2D eigenvalue weighted by molar-refractivity contribution is 0.141. The van der Waals surface area contributed by atoms with E-state index in [0.717, 1.165) is 23.8 Å². The van der Waals surface area contributed by atoms with Gasteiger partial charge in [0.2, 0.25) is 0 Å².